The third-order valence-electron chi connectivity index (χ3n) is 5.21. The molecule has 3 nitrogen and oxygen atoms in total. The average molecular weight is 389 g/mol. The van der Waals surface area contributed by atoms with Gasteiger partial charge in [0.2, 0.25) is 0 Å². The first-order chi connectivity index (χ1) is 13.5. The highest BCUT2D eigenvalue weighted by molar-refractivity contribution is 7.13. The first kappa shape index (κ1) is 18.5. The fourth-order valence-corrected chi connectivity index (χ4v) is 4.16. The van der Waals surface area contributed by atoms with Crippen molar-refractivity contribution in [3.63, 3.8) is 0 Å². The summed E-state index contributed by atoms with van der Waals surface area (Å²) < 4.78 is 7.59. The predicted molar refractivity (Wildman–Crippen MR) is 117 cm³/mol. The standard InChI is InChI=1S/C24H24N2OS/c1-16-5-7-19(13-17(16)2)14-26-18(3)6-12-23(26)22-15-28-24(25-22)20-8-10-21(27-4)11-9-20/h5-13,15H,14H2,1-4H3. The smallest absolute Gasteiger partial charge is 0.124 e. The molecule has 0 aliphatic heterocycles. The van der Waals surface area contributed by atoms with E-state index in [4.69, 9.17) is 9.72 Å². The third-order valence-corrected chi connectivity index (χ3v) is 6.11. The van der Waals surface area contributed by atoms with Crippen LogP contribution < -0.4 is 4.74 Å². The number of aryl methyl sites for hydroxylation is 3. The van der Waals surface area contributed by atoms with E-state index in [9.17, 15) is 0 Å². The summed E-state index contributed by atoms with van der Waals surface area (Å²) in [5.41, 5.74) is 8.51. The summed E-state index contributed by atoms with van der Waals surface area (Å²) >= 11 is 1.67. The highest BCUT2D eigenvalue weighted by Crippen LogP contribution is 2.31. The number of thiazole rings is 1. The number of rotatable bonds is 5. The molecule has 0 amide bonds. The number of nitrogens with zero attached hydrogens (tertiary/aromatic N) is 2. The number of ether oxygens (including phenoxy) is 1. The SMILES string of the molecule is COc1ccc(-c2nc(-c3ccc(C)n3Cc3ccc(C)c(C)c3)cs2)cc1. The normalized spacial score (nSPS) is 11.0. The molecule has 0 unspecified atom stereocenters. The second-order valence-corrected chi connectivity index (χ2v) is 7.99. The molecule has 2 aromatic heterocycles. The van der Waals surface area contributed by atoms with Crippen LogP contribution in [0.2, 0.25) is 0 Å². The zero-order valence-electron chi connectivity index (χ0n) is 16.7. The molecule has 0 radical (unpaired) electrons. The summed E-state index contributed by atoms with van der Waals surface area (Å²) in [6, 6.07) is 19.1. The lowest BCUT2D eigenvalue weighted by Gasteiger charge is -2.12. The maximum atomic E-state index is 5.25. The van der Waals surface area contributed by atoms with Crippen LogP contribution in [0.3, 0.4) is 0 Å². The highest BCUT2D eigenvalue weighted by Gasteiger charge is 2.13. The average Bonchev–Trinajstić information content (AvgIpc) is 3.32. The molecule has 0 fully saturated rings. The Morgan fingerprint density at radius 2 is 1.71 bits per heavy atom. The first-order valence-electron chi connectivity index (χ1n) is 9.38. The van der Waals surface area contributed by atoms with E-state index in [1.54, 1.807) is 18.4 Å². The minimum atomic E-state index is 0.852. The largest absolute Gasteiger partial charge is 0.497 e. The van der Waals surface area contributed by atoms with Gasteiger partial charge in [-0.3, -0.25) is 0 Å². The Labute approximate surface area is 170 Å². The van der Waals surface area contributed by atoms with Crippen LogP contribution >= 0.6 is 11.3 Å². The molecule has 4 rings (SSSR count). The summed E-state index contributed by atoms with van der Waals surface area (Å²) in [5.74, 6) is 0.860. The van der Waals surface area contributed by atoms with Gasteiger partial charge in [0, 0.05) is 23.2 Å². The van der Waals surface area contributed by atoms with Crippen LogP contribution in [-0.2, 0) is 6.54 Å². The lowest BCUT2D eigenvalue weighted by molar-refractivity contribution is 0.415. The molecule has 0 saturated carbocycles. The van der Waals surface area contributed by atoms with E-state index in [0.717, 1.165) is 34.3 Å². The number of hydrogen-bond acceptors (Lipinski definition) is 3. The number of benzene rings is 2. The van der Waals surface area contributed by atoms with Crippen molar-refractivity contribution in [2.45, 2.75) is 27.3 Å². The van der Waals surface area contributed by atoms with Crippen LogP contribution in [0.4, 0.5) is 0 Å². The van der Waals surface area contributed by atoms with Gasteiger partial charge in [-0.15, -0.1) is 11.3 Å². The Bertz CT molecular complexity index is 1110. The van der Waals surface area contributed by atoms with Gasteiger partial charge in [-0.25, -0.2) is 4.98 Å². The quantitative estimate of drug-likeness (QED) is 0.403. The van der Waals surface area contributed by atoms with Crippen molar-refractivity contribution in [1.82, 2.24) is 9.55 Å². The van der Waals surface area contributed by atoms with Gasteiger partial charge in [-0.05, 0) is 73.9 Å². The second-order valence-electron chi connectivity index (χ2n) is 7.13. The molecule has 0 bridgehead atoms. The minimum Gasteiger partial charge on any atom is -0.497 e. The third kappa shape index (κ3) is 3.60. The van der Waals surface area contributed by atoms with Gasteiger partial charge in [0.15, 0.2) is 0 Å². The lowest BCUT2D eigenvalue weighted by Crippen LogP contribution is -2.04. The molecule has 0 atom stereocenters. The van der Waals surface area contributed by atoms with Crippen LogP contribution in [-0.4, -0.2) is 16.7 Å². The Balaban J connectivity index is 1.65. The Hall–Kier alpha value is -2.85. The van der Waals surface area contributed by atoms with E-state index in [2.05, 4.69) is 73.2 Å². The molecule has 0 N–H and O–H groups in total. The van der Waals surface area contributed by atoms with Crippen molar-refractivity contribution in [1.29, 1.82) is 0 Å². The molecule has 0 spiro atoms. The van der Waals surface area contributed by atoms with Crippen LogP contribution in [0.15, 0.2) is 60.0 Å². The van der Waals surface area contributed by atoms with E-state index >= 15 is 0 Å². The van der Waals surface area contributed by atoms with E-state index in [1.165, 1.54) is 22.4 Å². The molecule has 28 heavy (non-hydrogen) atoms. The van der Waals surface area contributed by atoms with Gasteiger partial charge in [0.05, 0.1) is 18.5 Å². The summed E-state index contributed by atoms with van der Waals surface area (Å²) in [4.78, 5) is 4.91. The van der Waals surface area contributed by atoms with Crippen LogP contribution in [0, 0.1) is 20.8 Å². The zero-order chi connectivity index (χ0) is 19.7. The maximum absolute atomic E-state index is 5.25. The second kappa shape index (κ2) is 7.64. The predicted octanol–water partition coefficient (Wildman–Crippen LogP) is 6.26. The summed E-state index contributed by atoms with van der Waals surface area (Å²) in [7, 11) is 1.68. The topological polar surface area (TPSA) is 27.1 Å². The van der Waals surface area contributed by atoms with Crippen molar-refractivity contribution in [3.05, 3.63) is 82.4 Å². The first-order valence-corrected chi connectivity index (χ1v) is 10.3. The zero-order valence-corrected chi connectivity index (χ0v) is 17.5. The molecule has 2 heterocycles. The van der Waals surface area contributed by atoms with Crippen molar-refractivity contribution in [2.75, 3.05) is 7.11 Å². The van der Waals surface area contributed by atoms with E-state index in [1.807, 2.05) is 12.1 Å². The molecule has 142 valence electrons. The van der Waals surface area contributed by atoms with E-state index in [-0.39, 0.29) is 0 Å². The lowest BCUT2D eigenvalue weighted by atomic mass is 10.1. The van der Waals surface area contributed by atoms with Gasteiger partial charge < -0.3 is 9.30 Å². The molecule has 4 aromatic rings. The summed E-state index contributed by atoms with van der Waals surface area (Å²) in [6.07, 6.45) is 0. The van der Waals surface area contributed by atoms with Gasteiger partial charge in [0.25, 0.3) is 0 Å². The van der Waals surface area contributed by atoms with Crippen molar-refractivity contribution in [2.24, 2.45) is 0 Å². The fourth-order valence-electron chi connectivity index (χ4n) is 3.35. The fraction of sp³-hybridized carbons (Fsp3) is 0.208. The molecule has 4 heteroatoms. The van der Waals surface area contributed by atoms with Crippen molar-refractivity contribution >= 4 is 11.3 Å². The Kier molecular flexibility index (Phi) is 5.05. The number of aromatic nitrogens is 2. The Morgan fingerprint density at radius 1 is 0.929 bits per heavy atom. The molecule has 0 aliphatic rings. The van der Waals surface area contributed by atoms with Crippen LogP contribution in [0.1, 0.15) is 22.4 Å². The highest BCUT2D eigenvalue weighted by atomic mass is 32.1. The summed E-state index contributed by atoms with van der Waals surface area (Å²) in [5, 5.41) is 3.17. The van der Waals surface area contributed by atoms with Crippen LogP contribution in [0.5, 0.6) is 5.75 Å². The van der Waals surface area contributed by atoms with E-state index in [0.29, 0.717) is 0 Å². The van der Waals surface area contributed by atoms with Crippen molar-refractivity contribution in [3.8, 4) is 27.7 Å². The van der Waals surface area contributed by atoms with E-state index < -0.39 is 0 Å². The molecule has 0 aliphatic carbocycles. The minimum absolute atomic E-state index is 0.852. The van der Waals surface area contributed by atoms with Crippen LogP contribution in [0.25, 0.3) is 22.0 Å². The van der Waals surface area contributed by atoms with Crippen molar-refractivity contribution < 1.29 is 4.74 Å². The summed E-state index contributed by atoms with van der Waals surface area (Å²) in [6.45, 7) is 7.33. The molecule has 2 aromatic carbocycles. The molecular weight excluding hydrogens is 364 g/mol. The van der Waals surface area contributed by atoms with Gasteiger partial charge in [0.1, 0.15) is 10.8 Å². The van der Waals surface area contributed by atoms with Gasteiger partial charge in [-0.2, -0.15) is 0 Å². The monoisotopic (exact) mass is 388 g/mol. The molecular formula is C24H24N2OS. The Morgan fingerprint density at radius 3 is 2.43 bits per heavy atom. The maximum Gasteiger partial charge on any atom is 0.124 e. The molecule has 0 saturated heterocycles. The van der Waals surface area contributed by atoms with Gasteiger partial charge in [-0.1, -0.05) is 18.2 Å². The number of methoxy groups -OCH3 is 1. The number of hydrogen-bond donors (Lipinski definition) is 0. The van der Waals surface area contributed by atoms with Gasteiger partial charge >= 0.3 is 0 Å².